The van der Waals surface area contributed by atoms with Gasteiger partial charge in [0.25, 0.3) is 0 Å². The average Bonchev–Trinajstić information content (AvgIpc) is 2.35. The van der Waals surface area contributed by atoms with Gasteiger partial charge in [-0.25, -0.2) is 8.42 Å². The monoisotopic (exact) mass is 301 g/mol. The summed E-state index contributed by atoms with van der Waals surface area (Å²) in [4.78, 5) is 0.228. The number of rotatable bonds is 6. The molecule has 0 aliphatic heterocycles. The van der Waals surface area contributed by atoms with Gasteiger partial charge in [0.05, 0.1) is 17.1 Å². The third-order valence-corrected chi connectivity index (χ3v) is 4.62. The van der Waals surface area contributed by atoms with Crippen LogP contribution in [0.3, 0.4) is 0 Å². The number of aliphatic hydroxyl groups is 2. The Morgan fingerprint density at radius 2 is 1.70 bits per heavy atom. The summed E-state index contributed by atoms with van der Waals surface area (Å²) in [5, 5.41) is 22.7. The summed E-state index contributed by atoms with van der Waals surface area (Å²) in [5.74, 6) is 0. The van der Waals surface area contributed by atoms with Crippen LogP contribution in [0.4, 0.5) is 0 Å². The molecule has 0 fully saturated rings. The Morgan fingerprint density at radius 1 is 1.20 bits per heavy atom. The maximum absolute atomic E-state index is 11.3. The molecule has 1 aromatic rings. The number of hydrogen-bond acceptors (Lipinski definition) is 5. The molecule has 1 aromatic carbocycles. The van der Waals surface area contributed by atoms with E-state index in [4.69, 9.17) is 0 Å². The van der Waals surface area contributed by atoms with E-state index in [0.717, 1.165) is 6.26 Å². The number of hydrogen-bond donors (Lipinski definition) is 3. The second kappa shape index (κ2) is 6.22. The molecule has 0 heterocycles. The summed E-state index contributed by atoms with van der Waals surface area (Å²) in [7, 11) is -3.22. The van der Waals surface area contributed by atoms with Crippen molar-refractivity contribution in [2.75, 3.05) is 12.8 Å². The summed E-state index contributed by atoms with van der Waals surface area (Å²) in [6, 6.07) is 6.15. The number of aliphatic hydroxyl groups excluding tert-OH is 2. The summed E-state index contributed by atoms with van der Waals surface area (Å²) in [6.45, 7) is 5.64. The van der Waals surface area contributed by atoms with Gasteiger partial charge in [-0.15, -0.1) is 0 Å². The van der Waals surface area contributed by atoms with Gasteiger partial charge in [-0.1, -0.05) is 12.1 Å². The largest absolute Gasteiger partial charge is 0.392 e. The Hall–Kier alpha value is -0.950. The van der Waals surface area contributed by atoms with Gasteiger partial charge in [-0.3, -0.25) is 0 Å². The van der Waals surface area contributed by atoms with Crippen molar-refractivity contribution >= 4 is 9.84 Å². The van der Waals surface area contributed by atoms with Crippen molar-refractivity contribution in [2.45, 2.75) is 43.4 Å². The first-order valence-corrected chi connectivity index (χ1v) is 8.34. The Morgan fingerprint density at radius 3 is 2.10 bits per heavy atom. The fraction of sp³-hybridized carbons (Fsp3) is 0.571. The molecule has 20 heavy (non-hydrogen) atoms. The lowest BCUT2D eigenvalue weighted by atomic mass is 9.98. The molecule has 0 saturated heterocycles. The minimum absolute atomic E-state index is 0.228. The lowest BCUT2D eigenvalue weighted by Gasteiger charge is -2.30. The summed E-state index contributed by atoms with van der Waals surface area (Å²) >= 11 is 0. The fourth-order valence-electron chi connectivity index (χ4n) is 1.56. The van der Waals surface area contributed by atoms with Crippen LogP contribution in [-0.2, 0) is 9.84 Å². The van der Waals surface area contributed by atoms with Gasteiger partial charge in [-0.05, 0) is 38.5 Å². The third kappa shape index (κ3) is 4.56. The standard InChI is InChI=1S/C14H23NO4S/c1-10(16)14(2,3)15-9-13(17)11-5-7-12(8-6-11)20(4,18)19/h5-8,10,13,15-17H,9H2,1-4H3. The second-order valence-electron chi connectivity index (χ2n) is 5.64. The molecule has 6 heteroatoms. The van der Waals surface area contributed by atoms with Gasteiger partial charge in [-0.2, -0.15) is 0 Å². The van der Waals surface area contributed by atoms with Gasteiger partial charge in [0.1, 0.15) is 0 Å². The summed E-state index contributed by atoms with van der Waals surface area (Å²) < 4.78 is 22.7. The lowest BCUT2D eigenvalue weighted by Crippen LogP contribution is -2.49. The summed E-state index contributed by atoms with van der Waals surface area (Å²) in [6.07, 6.45) is -0.172. The molecule has 3 N–H and O–H groups in total. The van der Waals surface area contributed by atoms with Crippen molar-refractivity contribution in [1.82, 2.24) is 5.32 Å². The first-order chi connectivity index (χ1) is 9.04. The van der Waals surface area contributed by atoms with E-state index in [1.54, 1.807) is 19.1 Å². The van der Waals surface area contributed by atoms with E-state index in [1.165, 1.54) is 12.1 Å². The second-order valence-corrected chi connectivity index (χ2v) is 7.65. The van der Waals surface area contributed by atoms with E-state index in [9.17, 15) is 18.6 Å². The zero-order chi connectivity index (χ0) is 15.6. The zero-order valence-corrected chi connectivity index (χ0v) is 13.1. The predicted molar refractivity (Wildman–Crippen MR) is 78.3 cm³/mol. The van der Waals surface area contributed by atoms with Crippen molar-refractivity contribution in [1.29, 1.82) is 0 Å². The first-order valence-electron chi connectivity index (χ1n) is 6.45. The highest BCUT2D eigenvalue weighted by atomic mass is 32.2. The Balaban J connectivity index is 2.72. The maximum Gasteiger partial charge on any atom is 0.175 e. The van der Waals surface area contributed by atoms with E-state index >= 15 is 0 Å². The van der Waals surface area contributed by atoms with Crippen LogP contribution in [-0.4, -0.2) is 43.1 Å². The molecule has 0 spiro atoms. The average molecular weight is 301 g/mol. The quantitative estimate of drug-likeness (QED) is 0.726. The highest BCUT2D eigenvalue weighted by molar-refractivity contribution is 7.90. The molecular formula is C14H23NO4S. The van der Waals surface area contributed by atoms with Crippen LogP contribution < -0.4 is 5.32 Å². The van der Waals surface area contributed by atoms with Crippen molar-refractivity contribution in [2.24, 2.45) is 0 Å². The minimum atomic E-state index is -3.22. The SMILES string of the molecule is CC(O)C(C)(C)NCC(O)c1ccc(S(C)(=O)=O)cc1. The first kappa shape index (κ1) is 17.1. The Kier molecular flexibility index (Phi) is 5.32. The van der Waals surface area contributed by atoms with Crippen LogP contribution in [0.15, 0.2) is 29.2 Å². The molecule has 2 atom stereocenters. The Bertz CT molecular complexity index is 535. The minimum Gasteiger partial charge on any atom is -0.392 e. The lowest BCUT2D eigenvalue weighted by molar-refractivity contribution is 0.0804. The van der Waals surface area contributed by atoms with Crippen LogP contribution in [0.1, 0.15) is 32.4 Å². The van der Waals surface area contributed by atoms with Crippen LogP contribution in [0, 0.1) is 0 Å². The van der Waals surface area contributed by atoms with Crippen molar-refractivity contribution in [3.05, 3.63) is 29.8 Å². The zero-order valence-electron chi connectivity index (χ0n) is 12.3. The molecule has 0 radical (unpaired) electrons. The van der Waals surface area contributed by atoms with Crippen molar-refractivity contribution < 1.29 is 18.6 Å². The molecule has 0 amide bonds. The highest BCUT2D eigenvalue weighted by Crippen LogP contribution is 2.17. The van der Waals surface area contributed by atoms with Gasteiger partial charge in [0.2, 0.25) is 0 Å². The van der Waals surface area contributed by atoms with Crippen LogP contribution >= 0.6 is 0 Å². The molecule has 0 aromatic heterocycles. The molecule has 5 nitrogen and oxygen atoms in total. The number of benzene rings is 1. The van der Waals surface area contributed by atoms with E-state index < -0.39 is 27.6 Å². The molecule has 0 aliphatic carbocycles. The summed E-state index contributed by atoms with van der Waals surface area (Å²) in [5.41, 5.74) is 0.125. The smallest absolute Gasteiger partial charge is 0.175 e. The topological polar surface area (TPSA) is 86.6 Å². The van der Waals surface area contributed by atoms with Crippen molar-refractivity contribution in [3.63, 3.8) is 0 Å². The van der Waals surface area contributed by atoms with E-state index in [1.807, 2.05) is 13.8 Å². The van der Waals surface area contributed by atoms with E-state index in [0.29, 0.717) is 5.56 Å². The molecule has 114 valence electrons. The molecule has 0 aliphatic rings. The molecule has 1 rings (SSSR count). The van der Waals surface area contributed by atoms with Gasteiger partial charge in [0.15, 0.2) is 9.84 Å². The van der Waals surface area contributed by atoms with E-state index in [2.05, 4.69) is 5.32 Å². The normalized spacial score (nSPS) is 15.9. The van der Waals surface area contributed by atoms with Crippen LogP contribution in [0.25, 0.3) is 0 Å². The van der Waals surface area contributed by atoms with Crippen LogP contribution in [0.2, 0.25) is 0 Å². The van der Waals surface area contributed by atoms with Gasteiger partial charge >= 0.3 is 0 Å². The number of nitrogens with one attached hydrogen (secondary N) is 1. The fourth-order valence-corrected chi connectivity index (χ4v) is 2.19. The Labute approximate surface area is 120 Å². The maximum atomic E-state index is 11.3. The number of β-amino-alcohol motifs (C(OH)–C–C–N with tert-alkyl or cyclic N) is 1. The van der Waals surface area contributed by atoms with Gasteiger partial charge < -0.3 is 15.5 Å². The van der Waals surface area contributed by atoms with Gasteiger partial charge in [0, 0.05) is 18.3 Å². The van der Waals surface area contributed by atoms with E-state index in [-0.39, 0.29) is 11.4 Å². The van der Waals surface area contributed by atoms with Crippen molar-refractivity contribution in [3.8, 4) is 0 Å². The number of sulfone groups is 1. The third-order valence-electron chi connectivity index (χ3n) is 3.49. The molecule has 0 saturated carbocycles. The highest BCUT2D eigenvalue weighted by Gasteiger charge is 2.24. The predicted octanol–water partition coefficient (Wildman–Crippen LogP) is 0.873. The molecular weight excluding hydrogens is 278 g/mol. The van der Waals surface area contributed by atoms with Crippen LogP contribution in [0.5, 0.6) is 0 Å². The molecule has 2 unspecified atom stereocenters. The molecule has 0 bridgehead atoms.